The lowest BCUT2D eigenvalue weighted by Crippen LogP contribution is -2.17. The van der Waals surface area contributed by atoms with Crippen molar-refractivity contribution in [2.45, 2.75) is 51.7 Å². The van der Waals surface area contributed by atoms with E-state index >= 15 is 0 Å². The highest BCUT2D eigenvalue weighted by Gasteiger charge is 2.33. The van der Waals surface area contributed by atoms with E-state index in [1.807, 2.05) is 6.92 Å². The zero-order chi connectivity index (χ0) is 13.7. The normalized spacial score (nSPS) is 28.0. The van der Waals surface area contributed by atoms with Gasteiger partial charge in [-0.25, -0.2) is 0 Å². The van der Waals surface area contributed by atoms with Gasteiger partial charge in [-0.1, -0.05) is 45.4 Å². The molecule has 0 aliphatic heterocycles. The number of aliphatic hydroxyl groups excluding tert-OH is 2. The molecule has 0 bridgehead atoms. The second-order valence-electron chi connectivity index (χ2n) is 5.24. The first-order valence-electron chi connectivity index (χ1n) is 6.73. The molecule has 1 aliphatic rings. The van der Waals surface area contributed by atoms with Crippen LogP contribution in [0.1, 0.15) is 39.5 Å². The second-order valence-corrected chi connectivity index (χ2v) is 5.24. The summed E-state index contributed by atoms with van der Waals surface area (Å²) in [5.41, 5.74) is 0.451. The highest BCUT2D eigenvalue weighted by atomic mass is 16.3. The summed E-state index contributed by atoms with van der Waals surface area (Å²) in [5, 5.41) is 19.7. The van der Waals surface area contributed by atoms with Crippen LogP contribution < -0.4 is 0 Å². The summed E-state index contributed by atoms with van der Waals surface area (Å²) in [6, 6.07) is 0. The van der Waals surface area contributed by atoms with Crippen molar-refractivity contribution < 1.29 is 15.0 Å². The molecule has 0 aromatic heterocycles. The van der Waals surface area contributed by atoms with E-state index < -0.39 is 12.2 Å². The fourth-order valence-corrected chi connectivity index (χ4v) is 2.23. The molecular weight excluding hydrogens is 228 g/mol. The van der Waals surface area contributed by atoms with Gasteiger partial charge < -0.3 is 10.2 Å². The van der Waals surface area contributed by atoms with Crippen molar-refractivity contribution >= 4 is 5.78 Å². The smallest absolute Gasteiger partial charge is 0.161 e. The lowest BCUT2D eigenvalue weighted by atomic mass is 9.95. The molecule has 0 saturated heterocycles. The zero-order valence-corrected chi connectivity index (χ0v) is 11.3. The van der Waals surface area contributed by atoms with Crippen LogP contribution in [0.25, 0.3) is 0 Å². The van der Waals surface area contributed by atoms with Gasteiger partial charge in [-0.2, -0.15) is 0 Å². The highest BCUT2D eigenvalue weighted by molar-refractivity contribution is 5.98. The number of unbranched alkanes of at least 4 members (excludes halogenated alkanes) is 1. The van der Waals surface area contributed by atoms with Gasteiger partial charge in [0.15, 0.2) is 5.78 Å². The van der Waals surface area contributed by atoms with Crippen LogP contribution in [0, 0.1) is 11.8 Å². The fourth-order valence-electron chi connectivity index (χ4n) is 2.23. The number of rotatable bonds is 6. The van der Waals surface area contributed by atoms with Crippen molar-refractivity contribution in [2.24, 2.45) is 11.8 Å². The molecule has 3 heteroatoms. The van der Waals surface area contributed by atoms with Crippen molar-refractivity contribution in [3.63, 3.8) is 0 Å². The number of carbonyl (C=O) groups excluding carboxylic acids is 1. The number of hydrogen-bond donors (Lipinski definition) is 2. The summed E-state index contributed by atoms with van der Waals surface area (Å²) in [6.45, 7) is 7.83. The minimum atomic E-state index is -0.681. The van der Waals surface area contributed by atoms with Crippen LogP contribution in [0.3, 0.4) is 0 Å². The van der Waals surface area contributed by atoms with Crippen LogP contribution >= 0.6 is 0 Å². The van der Waals surface area contributed by atoms with Crippen molar-refractivity contribution in [3.05, 3.63) is 24.3 Å². The Morgan fingerprint density at radius 3 is 2.72 bits per heavy atom. The summed E-state index contributed by atoms with van der Waals surface area (Å²) in [4.78, 5) is 11.4. The molecule has 0 aromatic carbocycles. The van der Waals surface area contributed by atoms with Crippen molar-refractivity contribution in [1.29, 1.82) is 0 Å². The van der Waals surface area contributed by atoms with E-state index in [0.29, 0.717) is 5.57 Å². The Morgan fingerprint density at radius 1 is 1.56 bits per heavy atom. The molecule has 0 aromatic rings. The Hall–Kier alpha value is -0.930. The molecule has 0 heterocycles. The van der Waals surface area contributed by atoms with E-state index in [1.165, 1.54) is 0 Å². The van der Waals surface area contributed by atoms with Crippen molar-refractivity contribution in [2.75, 3.05) is 0 Å². The maximum absolute atomic E-state index is 11.4. The van der Waals surface area contributed by atoms with E-state index in [-0.39, 0.29) is 24.0 Å². The molecule has 3 nitrogen and oxygen atoms in total. The molecular formula is C15H24O3. The molecule has 1 unspecified atom stereocenters. The van der Waals surface area contributed by atoms with Gasteiger partial charge in [0, 0.05) is 12.3 Å². The molecule has 1 fully saturated rings. The summed E-state index contributed by atoms with van der Waals surface area (Å²) < 4.78 is 0. The minimum absolute atomic E-state index is 0.0781. The molecule has 0 radical (unpaired) electrons. The molecule has 1 aliphatic carbocycles. The minimum Gasteiger partial charge on any atom is -0.392 e. The molecule has 102 valence electrons. The predicted molar refractivity (Wildman–Crippen MR) is 72.1 cm³/mol. The Morgan fingerprint density at radius 2 is 2.22 bits per heavy atom. The van der Waals surface area contributed by atoms with Crippen LogP contribution in [0.15, 0.2) is 24.3 Å². The highest BCUT2D eigenvalue weighted by Crippen LogP contribution is 2.28. The monoisotopic (exact) mass is 252 g/mol. The third kappa shape index (κ3) is 3.79. The quantitative estimate of drug-likeness (QED) is 0.563. The van der Waals surface area contributed by atoms with E-state index in [2.05, 4.69) is 13.5 Å². The Kier molecular flexibility index (Phi) is 5.76. The number of ketones is 1. The Bertz CT molecular complexity index is 333. The van der Waals surface area contributed by atoms with Gasteiger partial charge in [0.05, 0.1) is 12.2 Å². The molecule has 2 N–H and O–H groups in total. The summed E-state index contributed by atoms with van der Waals surface area (Å²) in [6.07, 6.45) is 5.57. The van der Waals surface area contributed by atoms with E-state index in [9.17, 15) is 15.0 Å². The van der Waals surface area contributed by atoms with Gasteiger partial charge in [-0.3, -0.25) is 4.79 Å². The van der Waals surface area contributed by atoms with E-state index in [4.69, 9.17) is 0 Å². The molecule has 1 rings (SSSR count). The molecule has 1 saturated carbocycles. The Balaban J connectivity index is 2.53. The largest absolute Gasteiger partial charge is 0.392 e. The average molecular weight is 252 g/mol. The summed E-state index contributed by atoms with van der Waals surface area (Å²) >= 11 is 0. The molecule has 0 amide bonds. The summed E-state index contributed by atoms with van der Waals surface area (Å²) in [5.74, 6) is -0.208. The van der Waals surface area contributed by atoms with Gasteiger partial charge >= 0.3 is 0 Å². The van der Waals surface area contributed by atoms with Crippen molar-refractivity contribution in [3.8, 4) is 0 Å². The van der Waals surface area contributed by atoms with Gasteiger partial charge in [-0.05, 0) is 17.9 Å². The van der Waals surface area contributed by atoms with Gasteiger partial charge in [-0.15, -0.1) is 0 Å². The van der Waals surface area contributed by atoms with Crippen LogP contribution in [-0.4, -0.2) is 28.2 Å². The molecule has 4 atom stereocenters. The third-order valence-corrected chi connectivity index (χ3v) is 3.68. The first kappa shape index (κ1) is 15.1. The average Bonchev–Trinajstić information content (AvgIpc) is 2.58. The van der Waals surface area contributed by atoms with Crippen molar-refractivity contribution in [1.82, 2.24) is 0 Å². The van der Waals surface area contributed by atoms with Crippen LogP contribution in [-0.2, 0) is 4.79 Å². The van der Waals surface area contributed by atoms with Gasteiger partial charge in [0.2, 0.25) is 0 Å². The number of aliphatic hydroxyl groups is 2. The molecule has 18 heavy (non-hydrogen) atoms. The Labute approximate surface area is 109 Å². The third-order valence-electron chi connectivity index (χ3n) is 3.68. The SMILES string of the molecule is C=C1C(=O)C[C@@H](O)[C@@H]1/C=C/[C@@H](O)C(C)CCCC. The standard InChI is InChI=1S/C15H24O3/c1-4-5-6-10(2)13(16)8-7-12-11(3)14(17)9-15(12)18/h7-8,10,12-13,15-16,18H,3-6,9H2,1-2H3/b8-7+/t10?,12-,13-,15-/m1/s1. The lowest BCUT2D eigenvalue weighted by molar-refractivity contribution is -0.115. The van der Waals surface area contributed by atoms with Crippen LogP contribution in [0.5, 0.6) is 0 Å². The first-order chi connectivity index (χ1) is 8.47. The van der Waals surface area contributed by atoms with Gasteiger partial charge in [0.1, 0.15) is 0 Å². The lowest BCUT2D eigenvalue weighted by Gasteiger charge is -2.16. The van der Waals surface area contributed by atoms with Gasteiger partial charge in [0.25, 0.3) is 0 Å². The van der Waals surface area contributed by atoms with Crippen LogP contribution in [0.2, 0.25) is 0 Å². The number of carbonyl (C=O) groups is 1. The van der Waals surface area contributed by atoms with Crippen LogP contribution in [0.4, 0.5) is 0 Å². The number of hydrogen-bond acceptors (Lipinski definition) is 3. The van der Waals surface area contributed by atoms with E-state index in [1.54, 1.807) is 12.2 Å². The van der Waals surface area contributed by atoms with E-state index in [0.717, 1.165) is 19.3 Å². The molecule has 0 spiro atoms. The number of Topliss-reactive ketones (excluding diaryl/α,β-unsaturated/α-hetero) is 1. The maximum atomic E-state index is 11.4. The zero-order valence-electron chi connectivity index (χ0n) is 11.3. The first-order valence-corrected chi connectivity index (χ1v) is 6.73. The summed E-state index contributed by atoms with van der Waals surface area (Å²) in [7, 11) is 0. The topological polar surface area (TPSA) is 57.5 Å². The maximum Gasteiger partial charge on any atom is 0.161 e. The fraction of sp³-hybridized carbons (Fsp3) is 0.667. The predicted octanol–water partition coefficient (Wildman–Crippen LogP) is 2.24. The second kappa shape index (κ2) is 6.86.